The summed E-state index contributed by atoms with van der Waals surface area (Å²) in [5.41, 5.74) is 4.96. The second kappa shape index (κ2) is 4.81. The van der Waals surface area contributed by atoms with Crippen LogP contribution in [0.2, 0.25) is 0 Å². The minimum absolute atomic E-state index is 0.167. The molecule has 0 saturated heterocycles. The molecule has 0 unspecified atom stereocenters. The Morgan fingerprint density at radius 1 is 1.50 bits per heavy atom. The maximum atomic E-state index is 13.3. The minimum Gasteiger partial charge on any atom is -0.395 e. The highest BCUT2D eigenvalue weighted by atomic mass is 32.2. The first-order valence-electron chi connectivity index (χ1n) is 5.10. The third kappa shape index (κ3) is 2.23. The van der Waals surface area contributed by atoms with Crippen LogP contribution >= 0.6 is 11.8 Å². The number of aromatic amines is 1. The molecular formula is C10H10F2N4OS. The van der Waals surface area contributed by atoms with Gasteiger partial charge in [-0.2, -0.15) is 0 Å². The van der Waals surface area contributed by atoms with Gasteiger partial charge in [0.1, 0.15) is 11.6 Å². The maximum Gasteiger partial charge on any atom is 0.343 e. The van der Waals surface area contributed by atoms with E-state index < -0.39 is 11.6 Å². The molecule has 2 aromatic rings. The predicted molar refractivity (Wildman–Crippen MR) is 63.4 cm³/mol. The zero-order chi connectivity index (χ0) is 13.3. The van der Waals surface area contributed by atoms with Gasteiger partial charge < -0.3 is 5.73 Å². The fraction of sp³-hybridized carbons (Fsp3) is 0.200. The minimum atomic E-state index is -0.835. The normalized spacial score (nSPS) is 10.8. The van der Waals surface area contributed by atoms with Crippen LogP contribution in [0.5, 0.6) is 0 Å². The zero-order valence-electron chi connectivity index (χ0n) is 9.41. The molecule has 0 aliphatic rings. The molecule has 0 spiro atoms. The van der Waals surface area contributed by atoms with Crippen molar-refractivity contribution in [2.24, 2.45) is 0 Å². The van der Waals surface area contributed by atoms with Crippen molar-refractivity contribution in [1.82, 2.24) is 14.8 Å². The second-order valence-electron chi connectivity index (χ2n) is 3.46. The highest BCUT2D eigenvalue weighted by Crippen LogP contribution is 2.32. The van der Waals surface area contributed by atoms with Crippen molar-refractivity contribution < 1.29 is 8.78 Å². The molecule has 5 nitrogen and oxygen atoms in total. The molecule has 0 aliphatic heterocycles. The summed E-state index contributed by atoms with van der Waals surface area (Å²) < 4.78 is 27.7. The Labute approximate surface area is 105 Å². The molecular weight excluding hydrogens is 262 g/mol. The molecule has 0 radical (unpaired) electrons. The maximum absolute atomic E-state index is 13.3. The molecule has 0 amide bonds. The Bertz CT molecular complexity index is 637. The Morgan fingerprint density at radius 3 is 2.89 bits per heavy atom. The summed E-state index contributed by atoms with van der Waals surface area (Å²) in [6.07, 6.45) is 0. The van der Waals surface area contributed by atoms with Crippen LogP contribution in [0.3, 0.4) is 0 Å². The van der Waals surface area contributed by atoms with Crippen LogP contribution in [0.1, 0.15) is 6.92 Å². The van der Waals surface area contributed by atoms with Crippen molar-refractivity contribution in [3.8, 4) is 0 Å². The van der Waals surface area contributed by atoms with Crippen molar-refractivity contribution in [2.45, 2.75) is 23.5 Å². The van der Waals surface area contributed by atoms with Gasteiger partial charge in [0.15, 0.2) is 5.16 Å². The van der Waals surface area contributed by atoms with Crippen LogP contribution in [0.15, 0.2) is 27.0 Å². The van der Waals surface area contributed by atoms with Gasteiger partial charge in [0.25, 0.3) is 0 Å². The molecule has 1 aromatic heterocycles. The van der Waals surface area contributed by atoms with Crippen LogP contribution in [-0.4, -0.2) is 14.8 Å². The van der Waals surface area contributed by atoms with E-state index >= 15 is 0 Å². The van der Waals surface area contributed by atoms with E-state index in [-0.39, 0.29) is 16.3 Å². The Balaban J connectivity index is 2.43. The first-order valence-corrected chi connectivity index (χ1v) is 5.92. The van der Waals surface area contributed by atoms with Crippen molar-refractivity contribution in [3.63, 3.8) is 0 Å². The smallest absolute Gasteiger partial charge is 0.343 e. The number of anilines is 1. The van der Waals surface area contributed by atoms with Gasteiger partial charge in [0.2, 0.25) is 0 Å². The number of nitrogens with zero attached hydrogens (tertiary/aromatic N) is 2. The highest BCUT2D eigenvalue weighted by Gasteiger charge is 2.14. The average molecular weight is 272 g/mol. The monoisotopic (exact) mass is 272 g/mol. The van der Waals surface area contributed by atoms with E-state index in [0.29, 0.717) is 17.8 Å². The summed E-state index contributed by atoms with van der Waals surface area (Å²) in [5.74, 6) is -1.57. The summed E-state index contributed by atoms with van der Waals surface area (Å²) in [4.78, 5) is 11.5. The number of nitrogens with two attached hydrogens (primary N) is 1. The van der Waals surface area contributed by atoms with Crippen LogP contribution < -0.4 is 11.4 Å². The van der Waals surface area contributed by atoms with Crippen LogP contribution in [-0.2, 0) is 6.54 Å². The van der Waals surface area contributed by atoms with Crippen molar-refractivity contribution >= 4 is 17.4 Å². The molecule has 96 valence electrons. The summed E-state index contributed by atoms with van der Waals surface area (Å²) in [6, 6.07) is 1.80. The van der Waals surface area contributed by atoms with E-state index in [9.17, 15) is 13.6 Å². The standard InChI is InChI=1S/C10H10F2N4OS/c1-2-16-9(17)14-15-10(16)18-7-4-5(11)3-6(12)8(7)13/h3-4H,2,13H2,1H3,(H,14,17). The molecule has 0 saturated carbocycles. The Hall–Kier alpha value is -1.83. The summed E-state index contributed by atoms with van der Waals surface area (Å²) >= 11 is 0.930. The summed E-state index contributed by atoms with van der Waals surface area (Å²) in [5, 5.41) is 6.34. The molecule has 2 rings (SSSR count). The van der Waals surface area contributed by atoms with Crippen LogP contribution in [0.25, 0.3) is 0 Å². The van der Waals surface area contributed by atoms with E-state index in [1.54, 1.807) is 6.92 Å². The lowest BCUT2D eigenvalue weighted by Crippen LogP contribution is -2.16. The number of rotatable bonds is 3. The number of nitrogens with one attached hydrogen (secondary N) is 1. The molecule has 1 aromatic carbocycles. The number of halogens is 2. The average Bonchev–Trinajstić information content (AvgIpc) is 2.66. The van der Waals surface area contributed by atoms with Gasteiger partial charge in [-0.15, -0.1) is 5.10 Å². The largest absolute Gasteiger partial charge is 0.395 e. The van der Waals surface area contributed by atoms with Gasteiger partial charge in [-0.1, -0.05) is 0 Å². The van der Waals surface area contributed by atoms with E-state index in [4.69, 9.17) is 5.73 Å². The number of nitrogen functional groups attached to an aromatic ring is 1. The van der Waals surface area contributed by atoms with E-state index in [1.807, 2.05) is 0 Å². The van der Waals surface area contributed by atoms with Crippen LogP contribution in [0, 0.1) is 11.6 Å². The number of aromatic nitrogens is 3. The molecule has 0 atom stereocenters. The number of hydrogen-bond acceptors (Lipinski definition) is 4. The van der Waals surface area contributed by atoms with Gasteiger partial charge in [-0.05, 0) is 24.8 Å². The van der Waals surface area contributed by atoms with E-state index in [0.717, 1.165) is 17.8 Å². The highest BCUT2D eigenvalue weighted by molar-refractivity contribution is 7.99. The second-order valence-corrected chi connectivity index (χ2v) is 4.47. The van der Waals surface area contributed by atoms with Gasteiger partial charge in [0, 0.05) is 17.5 Å². The SMILES string of the molecule is CCn1c(Sc2cc(F)cc(F)c2N)n[nH]c1=O. The molecule has 0 aliphatic carbocycles. The zero-order valence-corrected chi connectivity index (χ0v) is 10.2. The first-order chi connectivity index (χ1) is 8.52. The lowest BCUT2D eigenvalue weighted by molar-refractivity contribution is 0.581. The number of benzene rings is 1. The molecule has 0 bridgehead atoms. The van der Waals surface area contributed by atoms with Crippen molar-refractivity contribution in [1.29, 1.82) is 0 Å². The van der Waals surface area contributed by atoms with E-state index in [2.05, 4.69) is 10.2 Å². The fourth-order valence-electron chi connectivity index (χ4n) is 1.40. The van der Waals surface area contributed by atoms with E-state index in [1.165, 1.54) is 4.57 Å². The van der Waals surface area contributed by atoms with Crippen LogP contribution in [0.4, 0.5) is 14.5 Å². The summed E-state index contributed by atoms with van der Waals surface area (Å²) in [7, 11) is 0. The molecule has 8 heteroatoms. The topological polar surface area (TPSA) is 76.7 Å². The fourth-order valence-corrected chi connectivity index (χ4v) is 2.39. The lowest BCUT2D eigenvalue weighted by atomic mass is 10.3. The predicted octanol–water partition coefficient (Wildman–Crippen LogP) is 1.60. The van der Waals surface area contributed by atoms with Gasteiger partial charge in [-0.3, -0.25) is 4.57 Å². The molecule has 18 heavy (non-hydrogen) atoms. The third-order valence-corrected chi connectivity index (χ3v) is 3.35. The molecule has 0 fully saturated rings. The molecule has 1 heterocycles. The number of H-pyrrole nitrogens is 1. The first kappa shape index (κ1) is 12.6. The van der Waals surface area contributed by atoms with Crippen molar-refractivity contribution in [3.05, 3.63) is 34.3 Å². The van der Waals surface area contributed by atoms with Crippen molar-refractivity contribution in [2.75, 3.05) is 5.73 Å². The quantitative estimate of drug-likeness (QED) is 0.832. The van der Waals surface area contributed by atoms with Gasteiger partial charge in [0.05, 0.1) is 5.69 Å². The lowest BCUT2D eigenvalue weighted by Gasteiger charge is -2.06. The number of hydrogen-bond donors (Lipinski definition) is 2. The Kier molecular flexibility index (Phi) is 3.37. The Morgan fingerprint density at radius 2 is 2.22 bits per heavy atom. The summed E-state index contributed by atoms with van der Waals surface area (Å²) in [6.45, 7) is 2.16. The third-order valence-electron chi connectivity index (χ3n) is 2.30. The van der Waals surface area contributed by atoms with Gasteiger partial charge in [-0.25, -0.2) is 18.7 Å². The van der Waals surface area contributed by atoms with Gasteiger partial charge >= 0.3 is 5.69 Å². The molecule has 3 N–H and O–H groups in total.